The van der Waals surface area contributed by atoms with Gasteiger partial charge in [-0.1, -0.05) is 48.0 Å². The molecule has 0 unspecified atom stereocenters. The number of carboxylic acids is 1. The third kappa shape index (κ3) is 6.47. The number of nitrogens with one attached hydrogen (secondary N) is 1. The van der Waals surface area contributed by atoms with Crippen LogP contribution in [-0.4, -0.2) is 29.3 Å². The number of aryl methyl sites for hydroxylation is 1. The molecule has 0 saturated carbocycles. The molecule has 0 aliphatic carbocycles. The van der Waals surface area contributed by atoms with E-state index in [1.165, 1.54) is 0 Å². The summed E-state index contributed by atoms with van der Waals surface area (Å²) in [5.41, 5.74) is 4.80. The minimum atomic E-state index is -0.919. The molecule has 0 saturated heterocycles. The second-order valence-corrected chi connectivity index (χ2v) is 5.45. The summed E-state index contributed by atoms with van der Waals surface area (Å²) < 4.78 is 5.38. The topological polar surface area (TPSA) is 88.0 Å². The predicted molar refractivity (Wildman–Crippen MR) is 94.7 cm³/mol. The Hall–Kier alpha value is -3.15. The number of hydrogen-bond acceptors (Lipinski definition) is 4. The van der Waals surface area contributed by atoms with E-state index in [1.807, 2.05) is 49.4 Å². The number of aliphatic carboxylic acids is 1. The van der Waals surface area contributed by atoms with Gasteiger partial charge in [0.25, 0.3) is 5.91 Å². The van der Waals surface area contributed by atoms with Crippen molar-refractivity contribution in [2.75, 3.05) is 6.61 Å². The highest BCUT2D eigenvalue weighted by molar-refractivity contribution is 6.02. The van der Waals surface area contributed by atoms with Crippen LogP contribution in [0.25, 0.3) is 0 Å². The molecule has 130 valence electrons. The van der Waals surface area contributed by atoms with E-state index in [9.17, 15) is 9.59 Å². The molecule has 6 heteroatoms. The highest BCUT2D eigenvalue weighted by atomic mass is 16.5. The molecule has 0 bridgehead atoms. The molecule has 1 amide bonds. The monoisotopic (exact) mass is 340 g/mol. The first-order valence-electron chi connectivity index (χ1n) is 7.86. The number of rotatable bonds is 8. The zero-order valence-electron chi connectivity index (χ0n) is 13.9. The fraction of sp³-hybridized carbons (Fsp3) is 0.211. The molecular formula is C19H20N2O4. The van der Waals surface area contributed by atoms with Gasteiger partial charge < -0.3 is 9.84 Å². The van der Waals surface area contributed by atoms with Gasteiger partial charge in [0.05, 0.1) is 12.1 Å². The Bertz CT molecular complexity index is 740. The van der Waals surface area contributed by atoms with Gasteiger partial charge in [-0.25, -0.2) is 5.43 Å². The maximum absolute atomic E-state index is 11.9. The molecule has 0 radical (unpaired) electrons. The number of carbonyl (C=O) groups excluding carboxylic acids is 1. The van der Waals surface area contributed by atoms with Crippen molar-refractivity contribution in [3.63, 3.8) is 0 Å². The van der Waals surface area contributed by atoms with Crippen molar-refractivity contribution < 1.29 is 19.4 Å². The lowest BCUT2D eigenvalue weighted by atomic mass is 10.1. The Morgan fingerprint density at radius 3 is 2.36 bits per heavy atom. The van der Waals surface area contributed by atoms with E-state index in [-0.39, 0.29) is 19.4 Å². The van der Waals surface area contributed by atoms with Gasteiger partial charge in [0.15, 0.2) is 6.61 Å². The van der Waals surface area contributed by atoms with Gasteiger partial charge in [0.1, 0.15) is 5.75 Å². The van der Waals surface area contributed by atoms with Crippen LogP contribution in [0.5, 0.6) is 5.75 Å². The van der Waals surface area contributed by atoms with E-state index >= 15 is 0 Å². The van der Waals surface area contributed by atoms with Crippen LogP contribution in [0.15, 0.2) is 59.7 Å². The van der Waals surface area contributed by atoms with Crippen LogP contribution in [0.3, 0.4) is 0 Å². The van der Waals surface area contributed by atoms with Crippen molar-refractivity contribution >= 4 is 17.6 Å². The number of ether oxygens (including phenoxy) is 1. The number of hydrazone groups is 1. The highest BCUT2D eigenvalue weighted by Crippen LogP contribution is 2.11. The van der Waals surface area contributed by atoms with E-state index in [0.717, 1.165) is 11.1 Å². The summed E-state index contributed by atoms with van der Waals surface area (Å²) >= 11 is 0. The molecule has 0 aliphatic heterocycles. The van der Waals surface area contributed by atoms with Crippen molar-refractivity contribution in [3.8, 4) is 5.75 Å². The summed E-state index contributed by atoms with van der Waals surface area (Å²) in [5.74, 6) is -0.735. The van der Waals surface area contributed by atoms with Crippen molar-refractivity contribution in [2.24, 2.45) is 5.10 Å². The summed E-state index contributed by atoms with van der Waals surface area (Å²) in [4.78, 5) is 22.7. The minimum absolute atomic E-state index is 0.0660. The molecular weight excluding hydrogens is 320 g/mol. The Kier molecular flexibility index (Phi) is 6.71. The van der Waals surface area contributed by atoms with Gasteiger partial charge in [-0.15, -0.1) is 0 Å². The number of carbonyl (C=O) groups is 2. The second-order valence-electron chi connectivity index (χ2n) is 5.45. The van der Waals surface area contributed by atoms with Gasteiger partial charge in [0.2, 0.25) is 0 Å². The SMILES string of the molecule is Cc1ccc(OCC(=O)N/N=C(/CCC(=O)O)c2ccccc2)cc1. The van der Waals surface area contributed by atoms with E-state index in [2.05, 4.69) is 10.5 Å². The van der Waals surface area contributed by atoms with E-state index < -0.39 is 11.9 Å². The Morgan fingerprint density at radius 2 is 1.72 bits per heavy atom. The Labute approximate surface area is 146 Å². The fourth-order valence-corrected chi connectivity index (χ4v) is 2.07. The smallest absolute Gasteiger partial charge is 0.303 e. The summed E-state index contributed by atoms with van der Waals surface area (Å²) in [7, 11) is 0. The molecule has 0 heterocycles. The summed E-state index contributed by atoms with van der Waals surface area (Å²) in [6.45, 7) is 1.79. The van der Waals surface area contributed by atoms with Crippen molar-refractivity contribution in [1.82, 2.24) is 5.43 Å². The fourth-order valence-electron chi connectivity index (χ4n) is 2.07. The van der Waals surface area contributed by atoms with Crippen LogP contribution in [0.2, 0.25) is 0 Å². The normalized spacial score (nSPS) is 11.0. The number of benzene rings is 2. The second kappa shape index (κ2) is 9.22. The molecule has 6 nitrogen and oxygen atoms in total. The molecule has 2 N–H and O–H groups in total. The molecule has 2 rings (SSSR count). The molecule has 0 fully saturated rings. The maximum atomic E-state index is 11.9. The van der Waals surface area contributed by atoms with E-state index in [1.54, 1.807) is 12.1 Å². The van der Waals surface area contributed by atoms with Crippen LogP contribution in [0, 0.1) is 6.92 Å². The quantitative estimate of drug-likeness (QED) is 0.571. The number of nitrogens with zero attached hydrogens (tertiary/aromatic N) is 1. The van der Waals surface area contributed by atoms with Gasteiger partial charge in [-0.3, -0.25) is 9.59 Å². The molecule has 25 heavy (non-hydrogen) atoms. The van der Waals surface area contributed by atoms with Crippen molar-refractivity contribution in [1.29, 1.82) is 0 Å². The van der Waals surface area contributed by atoms with Crippen LogP contribution < -0.4 is 10.2 Å². The average molecular weight is 340 g/mol. The lowest BCUT2D eigenvalue weighted by Gasteiger charge is -2.08. The first-order chi connectivity index (χ1) is 12.0. The third-order valence-electron chi connectivity index (χ3n) is 3.39. The molecule has 0 spiro atoms. The van der Waals surface area contributed by atoms with Crippen LogP contribution in [0.4, 0.5) is 0 Å². The number of carboxylic acid groups (broad SMARTS) is 1. The number of hydrogen-bond donors (Lipinski definition) is 2. The van der Waals surface area contributed by atoms with E-state index in [0.29, 0.717) is 11.5 Å². The molecule has 0 aliphatic rings. The lowest BCUT2D eigenvalue weighted by Crippen LogP contribution is -2.26. The van der Waals surface area contributed by atoms with Gasteiger partial charge in [-0.05, 0) is 24.6 Å². The predicted octanol–water partition coefficient (Wildman–Crippen LogP) is 2.76. The highest BCUT2D eigenvalue weighted by Gasteiger charge is 2.08. The number of amides is 1. The van der Waals surface area contributed by atoms with Gasteiger partial charge >= 0.3 is 5.97 Å². The Morgan fingerprint density at radius 1 is 1.04 bits per heavy atom. The Balaban J connectivity index is 1.95. The average Bonchev–Trinajstić information content (AvgIpc) is 2.62. The zero-order valence-corrected chi connectivity index (χ0v) is 13.9. The van der Waals surface area contributed by atoms with Crippen LogP contribution in [-0.2, 0) is 9.59 Å². The summed E-state index contributed by atoms with van der Waals surface area (Å²) in [5, 5.41) is 12.9. The third-order valence-corrected chi connectivity index (χ3v) is 3.39. The molecule has 2 aromatic carbocycles. The maximum Gasteiger partial charge on any atom is 0.303 e. The summed E-state index contributed by atoms with van der Waals surface area (Å²) in [6.07, 6.45) is 0.155. The largest absolute Gasteiger partial charge is 0.484 e. The minimum Gasteiger partial charge on any atom is -0.484 e. The zero-order chi connectivity index (χ0) is 18.1. The van der Waals surface area contributed by atoms with Gasteiger partial charge in [-0.2, -0.15) is 5.10 Å². The molecule has 0 atom stereocenters. The lowest BCUT2D eigenvalue weighted by molar-refractivity contribution is -0.136. The van der Waals surface area contributed by atoms with Crippen LogP contribution >= 0.6 is 0 Å². The molecule has 0 aromatic heterocycles. The van der Waals surface area contributed by atoms with Gasteiger partial charge in [0, 0.05) is 6.42 Å². The van der Waals surface area contributed by atoms with Crippen LogP contribution in [0.1, 0.15) is 24.0 Å². The standard InChI is InChI=1S/C19H20N2O4/c1-14-7-9-16(10-8-14)25-13-18(22)21-20-17(11-12-19(23)24)15-5-3-2-4-6-15/h2-10H,11-13H2,1H3,(H,21,22)(H,23,24)/b20-17-. The van der Waals surface area contributed by atoms with E-state index in [4.69, 9.17) is 9.84 Å². The summed E-state index contributed by atoms with van der Waals surface area (Å²) in [6, 6.07) is 16.5. The molecule has 2 aromatic rings. The van der Waals surface area contributed by atoms with Crippen molar-refractivity contribution in [2.45, 2.75) is 19.8 Å². The van der Waals surface area contributed by atoms with Crippen molar-refractivity contribution in [3.05, 3.63) is 65.7 Å². The first-order valence-corrected chi connectivity index (χ1v) is 7.86. The first kappa shape index (κ1) is 18.2.